The smallest absolute Gasteiger partial charge is 0.310 e. The molecule has 2 unspecified atom stereocenters. The molecular weight excluding hydrogens is 218 g/mol. The number of hydrogen-bond acceptors (Lipinski definition) is 4. The lowest BCUT2D eigenvalue weighted by Gasteiger charge is -2.16. The molecule has 1 aliphatic rings. The molecule has 1 saturated heterocycles. The Bertz CT molecular complexity index is 414. The van der Waals surface area contributed by atoms with Gasteiger partial charge in [-0.1, -0.05) is 0 Å². The zero-order chi connectivity index (χ0) is 12.4. The van der Waals surface area contributed by atoms with E-state index < -0.39 is 0 Å². The number of esters is 1. The van der Waals surface area contributed by atoms with Crippen molar-refractivity contribution in [3.8, 4) is 0 Å². The third-order valence-corrected chi connectivity index (χ3v) is 3.48. The molecule has 1 N–H and O–H groups in total. The summed E-state index contributed by atoms with van der Waals surface area (Å²) in [5.41, 5.74) is 2.27. The van der Waals surface area contributed by atoms with Crippen molar-refractivity contribution in [3.05, 3.63) is 17.5 Å². The summed E-state index contributed by atoms with van der Waals surface area (Å²) in [7, 11) is 1.92. The lowest BCUT2D eigenvalue weighted by atomic mass is 9.89. The molecule has 0 aliphatic carbocycles. The van der Waals surface area contributed by atoms with Crippen LogP contribution >= 0.6 is 0 Å². The van der Waals surface area contributed by atoms with Crippen LogP contribution in [0, 0.1) is 12.8 Å². The number of aryl methyl sites for hydroxylation is 1. The van der Waals surface area contributed by atoms with E-state index in [-0.39, 0.29) is 17.8 Å². The van der Waals surface area contributed by atoms with E-state index in [1.165, 1.54) is 0 Å². The first kappa shape index (κ1) is 12.1. The molecule has 5 nitrogen and oxygen atoms in total. The van der Waals surface area contributed by atoms with Gasteiger partial charge < -0.3 is 10.1 Å². The minimum Gasteiger partial charge on any atom is -0.466 e. The minimum absolute atomic E-state index is 0.0853. The average molecular weight is 237 g/mol. The maximum Gasteiger partial charge on any atom is 0.310 e. The Morgan fingerprint density at radius 2 is 2.41 bits per heavy atom. The minimum atomic E-state index is -0.106. The molecular formula is C12H19N3O2. The molecule has 1 aromatic rings. The van der Waals surface area contributed by atoms with Crippen molar-refractivity contribution in [1.82, 2.24) is 15.1 Å². The van der Waals surface area contributed by atoms with E-state index in [1.807, 2.05) is 31.8 Å². The van der Waals surface area contributed by atoms with Gasteiger partial charge in [0.05, 0.1) is 18.7 Å². The molecule has 0 bridgehead atoms. The van der Waals surface area contributed by atoms with Crippen molar-refractivity contribution in [2.24, 2.45) is 13.0 Å². The van der Waals surface area contributed by atoms with Crippen LogP contribution in [-0.4, -0.2) is 35.4 Å². The fraction of sp³-hybridized carbons (Fsp3) is 0.667. The molecule has 94 valence electrons. The van der Waals surface area contributed by atoms with Crippen LogP contribution in [0.15, 0.2) is 6.20 Å². The highest BCUT2D eigenvalue weighted by Crippen LogP contribution is 2.30. The molecule has 0 radical (unpaired) electrons. The molecule has 1 aliphatic heterocycles. The first-order valence-corrected chi connectivity index (χ1v) is 6.01. The Labute approximate surface area is 101 Å². The lowest BCUT2D eigenvalue weighted by molar-refractivity contribution is -0.147. The molecule has 0 amide bonds. The number of carbonyl (C=O) groups is 1. The van der Waals surface area contributed by atoms with Gasteiger partial charge in [0.15, 0.2) is 0 Å². The van der Waals surface area contributed by atoms with E-state index >= 15 is 0 Å². The van der Waals surface area contributed by atoms with Gasteiger partial charge in [0.2, 0.25) is 0 Å². The highest BCUT2D eigenvalue weighted by atomic mass is 16.5. The van der Waals surface area contributed by atoms with Gasteiger partial charge >= 0.3 is 5.97 Å². The van der Waals surface area contributed by atoms with Gasteiger partial charge in [-0.15, -0.1) is 0 Å². The zero-order valence-corrected chi connectivity index (χ0v) is 10.6. The molecule has 2 heterocycles. The van der Waals surface area contributed by atoms with Crippen molar-refractivity contribution in [1.29, 1.82) is 0 Å². The number of aromatic nitrogens is 2. The van der Waals surface area contributed by atoms with Gasteiger partial charge in [0, 0.05) is 31.7 Å². The Kier molecular flexibility index (Phi) is 3.47. The van der Waals surface area contributed by atoms with Crippen LogP contribution < -0.4 is 5.32 Å². The zero-order valence-electron chi connectivity index (χ0n) is 10.6. The SMILES string of the molecule is CCOC(=O)C1CNCC1c1cnn(C)c1C. The molecule has 0 saturated carbocycles. The summed E-state index contributed by atoms with van der Waals surface area (Å²) in [6.07, 6.45) is 1.86. The topological polar surface area (TPSA) is 56.1 Å². The van der Waals surface area contributed by atoms with Crippen molar-refractivity contribution in [2.75, 3.05) is 19.7 Å². The number of nitrogens with one attached hydrogen (secondary N) is 1. The highest BCUT2D eigenvalue weighted by molar-refractivity contribution is 5.74. The van der Waals surface area contributed by atoms with Gasteiger partial charge in [0.1, 0.15) is 0 Å². The summed E-state index contributed by atoms with van der Waals surface area (Å²) in [6.45, 7) is 5.81. The third-order valence-electron chi connectivity index (χ3n) is 3.48. The summed E-state index contributed by atoms with van der Waals surface area (Å²) in [6, 6.07) is 0. The Hall–Kier alpha value is -1.36. The second kappa shape index (κ2) is 4.87. The number of ether oxygens (including phenoxy) is 1. The van der Waals surface area contributed by atoms with Crippen molar-refractivity contribution >= 4 is 5.97 Å². The Morgan fingerprint density at radius 3 is 3.00 bits per heavy atom. The van der Waals surface area contributed by atoms with Crippen molar-refractivity contribution < 1.29 is 9.53 Å². The largest absolute Gasteiger partial charge is 0.466 e. The van der Waals surface area contributed by atoms with E-state index in [4.69, 9.17) is 4.74 Å². The molecule has 2 rings (SSSR count). The summed E-state index contributed by atoms with van der Waals surface area (Å²) < 4.78 is 6.96. The maximum atomic E-state index is 11.9. The summed E-state index contributed by atoms with van der Waals surface area (Å²) in [5.74, 6) is -0.00801. The number of rotatable bonds is 3. The van der Waals surface area contributed by atoms with Gasteiger partial charge in [-0.25, -0.2) is 0 Å². The second-order valence-corrected chi connectivity index (χ2v) is 4.43. The average Bonchev–Trinajstić information content (AvgIpc) is 2.88. The van der Waals surface area contributed by atoms with Crippen LogP contribution in [0.2, 0.25) is 0 Å². The molecule has 2 atom stereocenters. The van der Waals surface area contributed by atoms with Gasteiger partial charge in [0.25, 0.3) is 0 Å². The van der Waals surface area contributed by atoms with Crippen LogP contribution in [-0.2, 0) is 16.6 Å². The first-order valence-electron chi connectivity index (χ1n) is 6.01. The van der Waals surface area contributed by atoms with Crippen LogP contribution in [0.4, 0.5) is 0 Å². The standard InChI is InChI=1S/C12H19N3O2/c1-4-17-12(16)11-6-13-5-10(11)9-7-14-15(3)8(9)2/h7,10-11,13H,4-6H2,1-3H3. The normalized spacial score (nSPS) is 23.9. The van der Waals surface area contributed by atoms with E-state index in [0.717, 1.165) is 17.8 Å². The van der Waals surface area contributed by atoms with Crippen molar-refractivity contribution in [2.45, 2.75) is 19.8 Å². The highest BCUT2D eigenvalue weighted by Gasteiger charge is 2.36. The molecule has 1 fully saturated rings. The van der Waals surface area contributed by atoms with Crippen LogP contribution in [0.3, 0.4) is 0 Å². The summed E-state index contributed by atoms with van der Waals surface area (Å²) in [4.78, 5) is 11.9. The first-order chi connectivity index (χ1) is 8.15. The fourth-order valence-corrected chi connectivity index (χ4v) is 2.38. The summed E-state index contributed by atoms with van der Waals surface area (Å²) >= 11 is 0. The Balaban J connectivity index is 2.20. The van der Waals surface area contributed by atoms with Gasteiger partial charge in [-0.05, 0) is 19.4 Å². The molecule has 0 spiro atoms. The lowest BCUT2D eigenvalue weighted by Crippen LogP contribution is -2.24. The number of nitrogens with zero attached hydrogens (tertiary/aromatic N) is 2. The fourth-order valence-electron chi connectivity index (χ4n) is 2.38. The Morgan fingerprint density at radius 1 is 1.65 bits per heavy atom. The van der Waals surface area contributed by atoms with Crippen LogP contribution in [0.25, 0.3) is 0 Å². The van der Waals surface area contributed by atoms with Crippen LogP contribution in [0.1, 0.15) is 24.1 Å². The molecule has 5 heteroatoms. The van der Waals surface area contributed by atoms with E-state index in [9.17, 15) is 4.79 Å². The maximum absolute atomic E-state index is 11.9. The molecule has 0 aromatic carbocycles. The number of carbonyl (C=O) groups excluding carboxylic acids is 1. The van der Waals surface area contributed by atoms with Crippen molar-refractivity contribution in [3.63, 3.8) is 0 Å². The van der Waals surface area contributed by atoms with E-state index in [0.29, 0.717) is 13.2 Å². The van der Waals surface area contributed by atoms with E-state index in [1.54, 1.807) is 0 Å². The van der Waals surface area contributed by atoms with Crippen LogP contribution in [0.5, 0.6) is 0 Å². The van der Waals surface area contributed by atoms with E-state index in [2.05, 4.69) is 10.4 Å². The molecule has 1 aromatic heterocycles. The quantitative estimate of drug-likeness (QED) is 0.782. The predicted molar refractivity (Wildman–Crippen MR) is 63.7 cm³/mol. The summed E-state index contributed by atoms with van der Waals surface area (Å²) in [5, 5.41) is 7.50. The van der Waals surface area contributed by atoms with Gasteiger partial charge in [-0.2, -0.15) is 5.10 Å². The predicted octanol–water partition coefficient (Wildman–Crippen LogP) is 0.595. The molecule has 17 heavy (non-hydrogen) atoms. The monoisotopic (exact) mass is 237 g/mol. The third kappa shape index (κ3) is 2.20. The number of hydrogen-bond donors (Lipinski definition) is 1. The second-order valence-electron chi connectivity index (χ2n) is 4.43. The van der Waals surface area contributed by atoms with Gasteiger partial charge in [-0.3, -0.25) is 9.48 Å².